The minimum absolute atomic E-state index is 0.0399. The van der Waals surface area contributed by atoms with Crippen LogP contribution in [0.4, 0.5) is 5.69 Å². The van der Waals surface area contributed by atoms with Gasteiger partial charge in [0.1, 0.15) is 0 Å². The van der Waals surface area contributed by atoms with Crippen molar-refractivity contribution in [1.29, 1.82) is 0 Å². The van der Waals surface area contributed by atoms with Gasteiger partial charge in [-0.1, -0.05) is 18.2 Å². The van der Waals surface area contributed by atoms with Gasteiger partial charge in [-0.2, -0.15) is 9.50 Å². The van der Waals surface area contributed by atoms with E-state index < -0.39 is 5.97 Å². The Balaban J connectivity index is 2.24. The van der Waals surface area contributed by atoms with Crippen LogP contribution in [0.3, 0.4) is 0 Å². The summed E-state index contributed by atoms with van der Waals surface area (Å²) in [6, 6.07) is 9.13. The summed E-state index contributed by atoms with van der Waals surface area (Å²) < 4.78 is 6.08. The molecule has 0 saturated heterocycles. The van der Waals surface area contributed by atoms with Gasteiger partial charge in [-0.15, -0.1) is 5.10 Å². The van der Waals surface area contributed by atoms with Crippen LogP contribution in [0, 0.1) is 0 Å². The van der Waals surface area contributed by atoms with Gasteiger partial charge in [-0.3, -0.25) is 0 Å². The molecule has 0 unspecified atom stereocenters. The molecule has 100 valence electrons. The summed E-state index contributed by atoms with van der Waals surface area (Å²) >= 11 is 0. The van der Waals surface area contributed by atoms with Crippen LogP contribution >= 0.6 is 0 Å². The number of nitrogen functional groups attached to an aromatic ring is 1. The fourth-order valence-electron chi connectivity index (χ4n) is 1.91. The number of anilines is 1. The third-order valence-electron chi connectivity index (χ3n) is 2.85. The van der Waals surface area contributed by atoms with Crippen molar-refractivity contribution in [3.8, 4) is 11.3 Å². The third-order valence-corrected chi connectivity index (χ3v) is 2.85. The van der Waals surface area contributed by atoms with E-state index in [1.165, 1.54) is 11.6 Å². The van der Waals surface area contributed by atoms with Crippen molar-refractivity contribution < 1.29 is 9.53 Å². The number of carbonyl (C=O) groups is 1. The highest BCUT2D eigenvalue weighted by atomic mass is 16.5. The van der Waals surface area contributed by atoms with Gasteiger partial charge >= 0.3 is 5.97 Å². The van der Waals surface area contributed by atoms with Crippen molar-refractivity contribution in [3.05, 3.63) is 42.4 Å². The number of rotatable bonds is 2. The molecule has 0 aliphatic rings. The Kier molecular flexibility index (Phi) is 2.79. The van der Waals surface area contributed by atoms with E-state index in [0.29, 0.717) is 17.2 Å². The predicted molar refractivity (Wildman–Crippen MR) is 72.0 cm³/mol. The lowest BCUT2D eigenvalue weighted by molar-refractivity contribution is 0.0587. The first-order valence-electron chi connectivity index (χ1n) is 5.85. The highest BCUT2D eigenvalue weighted by Crippen LogP contribution is 2.24. The number of carbonyl (C=O) groups excluding carboxylic acids is 1. The predicted octanol–water partition coefficient (Wildman–Crippen LogP) is 1.16. The van der Waals surface area contributed by atoms with Gasteiger partial charge in [0.25, 0.3) is 11.6 Å². The van der Waals surface area contributed by atoms with E-state index >= 15 is 0 Å². The lowest BCUT2D eigenvalue weighted by atomic mass is 10.1. The zero-order valence-electron chi connectivity index (χ0n) is 10.6. The van der Waals surface area contributed by atoms with E-state index in [-0.39, 0.29) is 5.82 Å². The average molecular weight is 269 g/mol. The second kappa shape index (κ2) is 4.61. The number of nitrogens with two attached hydrogens (primary N) is 1. The number of fused-ring (bicyclic) bond motifs is 1. The molecule has 0 bridgehead atoms. The highest BCUT2D eigenvalue weighted by molar-refractivity contribution is 5.85. The number of aromatic nitrogens is 4. The van der Waals surface area contributed by atoms with Crippen molar-refractivity contribution in [2.24, 2.45) is 0 Å². The molecule has 1 aromatic carbocycles. The van der Waals surface area contributed by atoms with Gasteiger partial charge in [0, 0.05) is 17.4 Å². The Morgan fingerprint density at radius 3 is 2.85 bits per heavy atom. The van der Waals surface area contributed by atoms with Gasteiger partial charge in [-0.25, -0.2) is 9.78 Å². The molecule has 2 aromatic heterocycles. The zero-order valence-corrected chi connectivity index (χ0v) is 10.6. The van der Waals surface area contributed by atoms with E-state index in [4.69, 9.17) is 5.73 Å². The molecule has 0 spiro atoms. The smallest absolute Gasteiger partial charge is 0.378 e. The van der Waals surface area contributed by atoms with Crippen molar-refractivity contribution >= 4 is 17.4 Å². The standard InChI is InChI=1S/C13H11N5O2/c1-20-12(19)11-16-13-15-7-6-10(18(13)17-11)8-4-2-3-5-9(8)14/h2-7H,14H2,1H3. The number of para-hydroxylation sites is 1. The Morgan fingerprint density at radius 2 is 2.10 bits per heavy atom. The van der Waals surface area contributed by atoms with Gasteiger partial charge in [0.2, 0.25) is 0 Å². The molecule has 2 N–H and O–H groups in total. The SMILES string of the molecule is COC(=O)c1nc2nccc(-c3ccccc3N)n2n1. The molecule has 0 aliphatic carbocycles. The Hall–Kier alpha value is -2.96. The fourth-order valence-corrected chi connectivity index (χ4v) is 1.91. The second-order valence-corrected chi connectivity index (χ2v) is 4.06. The Bertz CT molecular complexity index is 796. The zero-order chi connectivity index (χ0) is 14.1. The Labute approximate surface area is 114 Å². The number of hydrogen-bond donors (Lipinski definition) is 1. The maximum Gasteiger partial charge on any atom is 0.378 e. The van der Waals surface area contributed by atoms with Crippen LogP contribution in [0.25, 0.3) is 17.0 Å². The molecule has 0 radical (unpaired) electrons. The first-order chi connectivity index (χ1) is 9.70. The normalized spacial score (nSPS) is 10.7. The van der Waals surface area contributed by atoms with E-state index in [1.807, 2.05) is 18.2 Å². The van der Waals surface area contributed by atoms with Gasteiger partial charge in [0.05, 0.1) is 12.8 Å². The van der Waals surface area contributed by atoms with Crippen LogP contribution in [0.2, 0.25) is 0 Å². The summed E-state index contributed by atoms with van der Waals surface area (Å²) in [4.78, 5) is 19.6. The van der Waals surface area contributed by atoms with Gasteiger partial charge in [-0.05, 0) is 12.1 Å². The van der Waals surface area contributed by atoms with Gasteiger partial charge < -0.3 is 10.5 Å². The first-order valence-corrected chi connectivity index (χ1v) is 5.85. The van der Waals surface area contributed by atoms with Crippen LogP contribution in [-0.2, 0) is 4.74 Å². The van der Waals surface area contributed by atoms with Crippen molar-refractivity contribution in [3.63, 3.8) is 0 Å². The summed E-state index contributed by atoms with van der Waals surface area (Å²) in [5.41, 5.74) is 8.07. The number of methoxy groups -OCH3 is 1. The summed E-state index contributed by atoms with van der Waals surface area (Å²) in [7, 11) is 1.28. The van der Waals surface area contributed by atoms with E-state index in [9.17, 15) is 4.79 Å². The van der Waals surface area contributed by atoms with Crippen LogP contribution in [-0.4, -0.2) is 32.7 Å². The molecule has 2 heterocycles. The molecule has 0 aliphatic heterocycles. The summed E-state index contributed by atoms with van der Waals surface area (Å²) in [5.74, 6) is -0.337. The molecule has 3 rings (SSSR count). The lowest BCUT2D eigenvalue weighted by Gasteiger charge is -2.06. The number of hydrogen-bond acceptors (Lipinski definition) is 6. The molecule has 7 heteroatoms. The van der Waals surface area contributed by atoms with Crippen LogP contribution in [0.1, 0.15) is 10.6 Å². The number of benzene rings is 1. The molecule has 3 aromatic rings. The Morgan fingerprint density at radius 1 is 1.30 bits per heavy atom. The molecular weight excluding hydrogens is 258 g/mol. The fraction of sp³-hybridized carbons (Fsp3) is 0.0769. The largest absolute Gasteiger partial charge is 0.463 e. The molecule has 20 heavy (non-hydrogen) atoms. The molecular formula is C13H11N5O2. The highest BCUT2D eigenvalue weighted by Gasteiger charge is 2.16. The number of ether oxygens (including phenoxy) is 1. The summed E-state index contributed by atoms with van der Waals surface area (Å²) in [6.45, 7) is 0. The molecule has 0 fully saturated rings. The van der Waals surface area contributed by atoms with Crippen LogP contribution in [0.5, 0.6) is 0 Å². The van der Waals surface area contributed by atoms with E-state index in [2.05, 4.69) is 19.8 Å². The number of nitrogens with zero attached hydrogens (tertiary/aromatic N) is 4. The quantitative estimate of drug-likeness (QED) is 0.554. The van der Waals surface area contributed by atoms with Crippen molar-refractivity contribution in [1.82, 2.24) is 19.6 Å². The lowest BCUT2D eigenvalue weighted by Crippen LogP contribution is -2.04. The number of esters is 1. The maximum absolute atomic E-state index is 11.5. The van der Waals surface area contributed by atoms with E-state index in [0.717, 1.165) is 5.56 Å². The summed E-state index contributed by atoms with van der Waals surface area (Å²) in [6.07, 6.45) is 1.59. The van der Waals surface area contributed by atoms with Crippen LogP contribution in [0.15, 0.2) is 36.5 Å². The minimum Gasteiger partial charge on any atom is -0.463 e. The van der Waals surface area contributed by atoms with Crippen LogP contribution < -0.4 is 5.73 Å². The second-order valence-electron chi connectivity index (χ2n) is 4.06. The summed E-state index contributed by atoms with van der Waals surface area (Å²) in [5, 5.41) is 4.11. The average Bonchev–Trinajstić information content (AvgIpc) is 2.91. The molecule has 0 amide bonds. The third kappa shape index (κ3) is 1.85. The monoisotopic (exact) mass is 269 g/mol. The molecule has 0 saturated carbocycles. The topological polar surface area (TPSA) is 95.4 Å². The minimum atomic E-state index is -0.609. The van der Waals surface area contributed by atoms with Gasteiger partial charge in [0.15, 0.2) is 0 Å². The molecule has 0 atom stereocenters. The maximum atomic E-state index is 11.5. The van der Waals surface area contributed by atoms with E-state index in [1.54, 1.807) is 18.3 Å². The van der Waals surface area contributed by atoms with Crippen molar-refractivity contribution in [2.75, 3.05) is 12.8 Å². The van der Waals surface area contributed by atoms with Crippen molar-refractivity contribution in [2.45, 2.75) is 0 Å². The first kappa shape index (κ1) is 12.1. The molecule has 7 nitrogen and oxygen atoms in total.